The van der Waals surface area contributed by atoms with E-state index in [1.165, 1.54) is 22.3 Å². The van der Waals surface area contributed by atoms with E-state index in [-0.39, 0.29) is 93.4 Å². The van der Waals surface area contributed by atoms with Crippen molar-refractivity contribution in [3.63, 3.8) is 0 Å². The quantitative estimate of drug-likeness (QED) is 0.0552. The van der Waals surface area contributed by atoms with Crippen LogP contribution in [-0.2, 0) is 60.0 Å². The molecule has 0 bridgehead atoms. The Bertz CT molecular complexity index is 4490. The molecular formula is C92H104N8O16. The number of methoxy groups -OCH3 is 8. The van der Waals surface area contributed by atoms with E-state index in [2.05, 4.69) is 90.4 Å². The first-order valence-corrected chi connectivity index (χ1v) is 39.6. The fourth-order valence-electron chi connectivity index (χ4n) is 18.1. The van der Waals surface area contributed by atoms with Gasteiger partial charge in [0.05, 0.1) is 103 Å². The molecule has 12 atom stereocenters. The number of carbonyl (C=O) groups excluding carboxylic acids is 4. The van der Waals surface area contributed by atoms with Gasteiger partial charge in [-0.25, -0.2) is 0 Å². The van der Waals surface area contributed by atoms with Gasteiger partial charge in [0, 0.05) is 47.8 Å². The van der Waals surface area contributed by atoms with Crippen LogP contribution in [0.25, 0.3) is 0 Å². The molecule has 8 aromatic carbocycles. The predicted octanol–water partition coefficient (Wildman–Crippen LogP) is 14.1. The maximum Gasteiger partial charge on any atom is 0.255 e. The van der Waals surface area contributed by atoms with E-state index in [0.717, 1.165) is 77.0 Å². The number of rotatable bonds is 20. The Balaban J connectivity index is 0.000000135. The molecule has 24 nitrogen and oxygen atoms in total. The molecule has 0 spiro atoms. The van der Waals surface area contributed by atoms with Gasteiger partial charge in [0.2, 0.25) is 23.6 Å². The number of benzene rings is 8. The third kappa shape index (κ3) is 18.0. The zero-order valence-corrected chi connectivity index (χ0v) is 67.0. The van der Waals surface area contributed by atoms with Gasteiger partial charge in [-0.2, -0.15) is 0 Å². The highest BCUT2D eigenvalue weighted by atomic mass is 16.7. The van der Waals surface area contributed by atoms with Crippen molar-refractivity contribution in [3.8, 4) is 23.0 Å². The summed E-state index contributed by atoms with van der Waals surface area (Å²) in [5.41, 5.74) is 6.09. The lowest BCUT2D eigenvalue weighted by Crippen LogP contribution is -2.48. The summed E-state index contributed by atoms with van der Waals surface area (Å²) in [6.45, 7) is 2.08. The maximum absolute atomic E-state index is 12.9. The molecule has 4 heterocycles. The molecule has 4 fully saturated rings. The fourth-order valence-corrected chi connectivity index (χ4v) is 18.1. The van der Waals surface area contributed by atoms with E-state index in [1.807, 2.05) is 121 Å². The molecule has 4 saturated carbocycles. The van der Waals surface area contributed by atoms with Gasteiger partial charge in [-0.1, -0.05) is 190 Å². The van der Waals surface area contributed by atoms with Gasteiger partial charge >= 0.3 is 0 Å². The molecule has 116 heavy (non-hydrogen) atoms. The molecule has 8 aromatic rings. The molecule has 0 radical (unpaired) electrons. The second-order valence-corrected chi connectivity index (χ2v) is 30.6. The van der Waals surface area contributed by atoms with Gasteiger partial charge in [-0.15, -0.1) is 0 Å². The SMILES string of the molecule is COC1=NOC2CC[C@@](CNC(=O)c3ccccc3OC)(c3ccccc3)C[C@H]12.COC1=NOC2CC[C@](CNC(=O)c3ccccc3OC)(c3ccccc3)C[C@H]12.COC1=NO[C@H]2C[C@@](CNC(=O)c3ccccc3OC)(c3ccccc3)CCC12.COC1=NO[C@H]2C[C@](CNC(=O)c3ccccc3OC)(c3ccccc3)CCC12. The molecule has 4 aliphatic heterocycles. The van der Waals surface area contributed by atoms with Crippen LogP contribution in [0.15, 0.2) is 239 Å². The molecule has 0 aromatic heterocycles. The Labute approximate surface area is 677 Å². The van der Waals surface area contributed by atoms with Crippen molar-refractivity contribution < 1.29 is 76.4 Å². The van der Waals surface area contributed by atoms with Crippen molar-refractivity contribution in [2.75, 3.05) is 83.1 Å². The number of fused-ring (bicyclic) bond motifs is 4. The zero-order chi connectivity index (χ0) is 81.1. The molecule has 608 valence electrons. The highest BCUT2D eigenvalue weighted by Gasteiger charge is 2.53. The van der Waals surface area contributed by atoms with E-state index >= 15 is 0 Å². The van der Waals surface area contributed by atoms with E-state index in [4.69, 9.17) is 57.2 Å². The molecule has 16 rings (SSSR count). The van der Waals surface area contributed by atoms with Gasteiger partial charge in [-0.3, -0.25) is 19.2 Å². The standard InChI is InChI=1S/4C23H26N2O4/c2*1-27-19-11-7-6-10-17(19)21(26)24-15-23(16-8-4-3-5-9-16)13-12-20-18(14-23)22(28-2)25-29-20;2*1-27-19-11-7-6-10-17(19)21(26)24-15-23(16-8-4-3-5-9-16)13-12-18-20(14-23)29-25-22(18)28-2/h4*3-11,18,20H,12-15H2,1-2H3,(H,24,26)/t18-,20?,23+;18-,20?,23-;18?,20-,23+;18?,20-,23-/m0000/s1. The van der Waals surface area contributed by atoms with Crippen LogP contribution in [0.4, 0.5) is 0 Å². The van der Waals surface area contributed by atoms with Crippen molar-refractivity contribution in [2.45, 2.75) is 123 Å². The smallest absolute Gasteiger partial charge is 0.255 e. The van der Waals surface area contributed by atoms with Crippen LogP contribution in [0, 0.1) is 23.7 Å². The molecule has 24 heteroatoms. The summed E-state index contributed by atoms with van der Waals surface area (Å²) < 4.78 is 43.0. The fraction of sp³-hybridized carbons (Fsp3) is 0.391. The molecule has 4 amide bonds. The zero-order valence-electron chi connectivity index (χ0n) is 67.0. The van der Waals surface area contributed by atoms with E-state index < -0.39 is 0 Å². The summed E-state index contributed by atoms with van der Waals surface area (Å²) >= 11 is 0. The van der Waals surface area contributed by atoms with Crippen LogP contribution in [-0.4, -0.2) is 155 Å². The number of ether oxygens (including phenoxy) is 8. The first kappa shape index (κ1) is 81.9. The lowest BCUT2D eigenvalue weighted by Gasteiger charge is -2.42. The van der Waals surface area contributed by atoms with E-state index in [9.17, 15) is 19.2 Å². The van der Waals surface area contributed by atoms with Crippen molar-refractivity contribution in [1.29, 1.82) is 0 Å². The summed E-state index contributed by atoms with van der Waals surface area (Å²) in [4.78, 5) is 74.2. The summed E-state index contributed by atoms with van der Waals surface area (Å²) in [5, 5.41) is 29.1. The Hall–Kier alpha value is -12.1. The lowest BCUT2D eigenvalue weighted by molar-refractivity contribution is 0.0117. The van der Waals surface area contributed by atoms with Crippen molar-refractivity contribution in [1.82, 2.24) is 21.3 Å². The summed E-state index contributed by atoms with van der Waals surface area (Å²) in [6.07, 6.45) is 10.3. The number of amides is 4. The Morgan fingerprint density at radius 1 is 0.284 bits per heavy atom. The van der Waals surface area contributed by atoms with Gasteiger partial charge in [0.15, 0.2) is 0 Å². The minimum absolute atomic E-state index is 0.0398. The molecule has 0 saturated heterocycles. The Morgan fingerprint density at radius 3 is 0.767 bits per heavy atom. The number of nitrogens with one attached hydrogen (secondary N) is 4. The van der Waals surface area contributed by atoms with Crippen molar-refractivity contribution in [3.05, 3.63) is 263 Å². The molecular weight excluding hydrogens is 1470 g/mol. The van der Waals surface area contributed by atoms with Crippen LogP contribution in [0.3, 0.4) is 0 Å². The van der Waals surface area contributed by atoms with Crippen LogP contribution >= 0.6 is 0 Å². The van der Waals surface area contributed by atoms with Crippen molar-refractivity contribution >= 4 is 47.2 Å². The predicted molar refractivity (Wildman–Crippen MR) is 440 cm³/mol. The molecule has 8 aliphatic rings. The minimum Gasteiger partial charge on any atom is -0.496 e. The summed E-state index contributed by atoms with van der Waals surface area (Å²) in [7, 11) is 12.8. The third-order valence-electron chi connectivity index (χ3n) is 24.4. The van der Waals surface area contributed by atoms with Gasteiger partial charge in [0.25, 0.3) is 23.6 Å². The maximum atomic E-state index is 12.9. The number of oxime groups is 4. The molecule has 4 unspecified atom stereocenters. The van der Waals surface area contributed by atoms with Crippen LogP contribution < -0.4 is 40.2 Å². The van der Waals surface area contributed by atoms with Crippen LogP contribution in [0.2, 0.25) is 0 Å². The van der Waals surface area contributed by atoms with E-state index in [0.29, 0.717) is 95.0 Å². The van der Waals surface area contributed by atoms with Crippen LogP contribution in [0.5, 0.6) is 23.0 Å². The second kappa shape index (κ2) is 37.9. The summed E-state index contributed by atoms with van der Waals surface area (Å²) in [6, 6.07) is 70.5. The lowest BCUT2D eigenvalue weighted by atomic mass is 9.64. The minimum atomic E-state index is -0.223. The van der Waals surface area contributed by atoms with E-state index in [1.54, 1.807) is 105 Å². The average Bonchev–Trinajstić information content (AvgIpc) is 1.57. The number of hydrogen-bond acceptors (Lipinski definition) is 20. The van der Waals surface area contributed by atoms with Crippen molar-refractivity contribution in [2.24, 2.45) is 44.3 Å². The topological polar surface area (TPSA) is 277 Å². The normalized spacial score (nSPS) is 25.4. The largest absolute Gasteiger partial charge is 0.496 e. The highest BCUT2D eigenvalue weighted by molar-refractivity contribution is 5.99. The van der Waals surface area contributed by atoms with Crippen LogP contribution in [0.1, 0.15) is 141 Å². The number of nitrogens with zero attached hydrogens (tertiary/aromatic N) is 4. The number of hydrogen-bond donors (Lipinski definition) is 4. The number of para-hydroxylation sites is 4. The Morgan fingerprint density at radius 2 is 0.509 bits per heavy atom. The monoisotopic (exact) mass is 1580 g/mol. The Kier molecular flexibility index (Phi) is 26.8. The van der Waals surface area contributed by atoms with Gasteiger partial charge in [-0.05, 0) is 148 Å². The average molecular weight is 1580 g/mol. The second-order valence-electron chi connectivity index (χ2n) is 30.6. The first-order valence-electron chi connectivity index (χ1n) is 39.6. The number of carbonyl (C=O) groups is 4. The molecule has 4 N–H and O–H groups in total. The molecule has 4 aliphatic carbocycles. The van der Waals surface area contributed by atoms with Gasteiger partial charge < -0.3 is 78.5 Å². The summed E-state index contributed by atoms with van der Waals surface area (Å²) in [5.74, 6) is 4.92. The third-order valence-corrected chi connectivity index (χ3v) is 24.4. The van der Waals surface area contributed by atoms with Gasteiger partial charge in [0.1, 0.15) is 47.4 Å². The first-order chi connectivity index (χ1) is 56.7. The highest BCUT2D eigenvalue weighted by Crippen LogP contribution is 2.50.